The third kappa shape index (κ3) is 3.20. The van der Waals surface area contributed by atoms with Gasteiger partial charge in [0, 0.05) is 5.41 Å². The van der Waals surface area contributed by atoms with Crippen LogP contribution in [-0.4, -0.2) is 0 Å². The largest absolute Gasteiger partial charge is 0.0991 e. The molecule has 1 saturated carbocycles. The quantitative estimate of drug-likeness (QED) is 0.584. The van der Waals surface area contributed by atoms with Crippen LogP contribution in [0.25, 0.3) is 0 Å². The molecule has 1 aliphatic carbocycles. The normalized spacial score (nSPS) is 27.3. The predicted molar refractivity (Wildman–Crippen MR) is 95.6 cm³/mol. The third-order valence-corrected chi connectivity index (χ3v) is 4.39. The Hall–Kier alpha value is -1.56. The molecule has 0 heteroatoms. The van der Waals surface area contributed by atoms with E-state index in [0.29, 0.717) is 0 Å². The van der Waals surface area contributed by atoms with E-state index in [2.05, 4.69) is 76.8 Å². The van der Waals surface area contributed by atoms with E-state index in [4.69, 9.17) is 0 Å². The molecule has 0 aliphatic heterocycles. The third-order valence-electron chi connectivity index (χ3n) is 4.39. The summed E-state index contributed by atoms with van der Waals surface area (Å²) in [6.07, 6.45) is 7.52. The van der Waals surface area contributed by atoms with Crippen LogP contribution in [0.1, 0.15) is 53.5 Å². The highest BCUT2D eigenvalue weighted by Crippen LogP contribution is 2.57. The summed E-state index contributed by atoms with van der Waals surface area (Å²) in [5.74, 6) is 0. The maximum Gasteiger partial charge on any atom is 0.0185 e. The van der Waals surface area contributed by atoms with Crippen LogP contribution < -0.4 is 0 Å². The lowest BCUT2D eigenvalue weighted by Gasteiger charge is -2.27. The average Bonchev–Trinajstić information content (AvgIpc) is 2.69. The summed E-state index contributed by atoms with van der Waals surface area (Å²) < 4.78 is 0. The van der Waals surface area contributed by atoms with Crippen molar-refractivity contribution in [2.75, 3.05) is 0 Å². The fourth-order valence-electron chi connectivity index (χ4n) is 3.74. The Balaban J connectivity index is 0.00000106. The molecule has 2 rings (SSSR count). The lowest BCUT2D eigenvalue weighted by molar-refractivity contribution is 0.388. The summed E-state index contributed by atoms with van der Waals surface area (Å²) in [7, 11) is 0. The van der Waals surface area contributed by atoms with E-state index in [0.717, 1.165) is 6.42 Å². The van der Waals surface area contributed by atoms with Crippen LogP contribution in [0.15, 0.2) is 66.3 Å². The molecule has 0 radical (unpaired) electrons. The molecule has 0 saturated heterocycles. The molecule has 0 heterocycles. The summed E-state index contributed by atoms with van der Waals surface area (Å²) in [4.78, 5) is 0. The van der Waals surface area contributed by atoms with Crippen LogP contribution in [0.5, 0.6) is 0 Å². The zero-order chi connectivity index (χ0) is 16.1. The summed E-state index contributed by atoms with van der Waals surface area (Å²) in [6.45, 7) is 17.1. The highest BCUT2D eigenvalue weighted by atomic mass is 14.5. The minimum atomic E-state index is 0.0841. The van der Waals surface area contributed by atoms with Crippen molar-refractivity contribution in [3.05, 3.63) is 71.8 Å². The van der Waals surface area contributed by atoms with E-state index in [1.807, 2.05) is 19.9 Å². The van der Waals surface area contributed by atoms with Crippen LogP contribution in [0.2, 0.25) is 0 Å². The topological polar surface area (TPSA) is 0 Å². The van der Waals surface area contributed by atoms with Crippen molar-refractivity contribution in [1.82, 2.24) is 0 Å². The van der Waals surface area contributed by atoms with Gasteiger partial charge in [-0.3, -0.25) is 0 Å². The van der Waals surface area contributed by atoms with Gasteiger partial charge < -0.3 is 0 Å². The highest BCUT2D eigenvalue weighted by Gasteiger charge is 2.47. The molecule has 1 fully saturated rings. The van der Waals surface area contributed by atoms with Crippen LogP contribution in [0.4, 0.5) is 0 Å². The van der Waals surface area contributed by atoms with Crippen LogP contribution in [0, 0.1) is 5.41 Å². The van der Waals surface area contributed by atoms with Gasteiger partial charge in [-0.1, -0.05) is 89.8 Å². The van der Waals surface area contributed by atoms with Crippen molar-refractivity contribution in [3.63, 3.8) is 0 Å². The van der Waals surface area contributed by atoms with Crippen molar-refractivity contribution >= 4 is 0 Å². The Morgan fingerprint density at radius 3 is 2.05 bits per heavy atom. The second-order valence-electron chi connectivity index (χ2n) is 6.28. The van der Waals surface area contributed by atoms with E-state index in [1.54, 1.807) is 0 Å². The lowest BCUT2D eigenvalue weighted by Crippen LogP contribution is -2.21. The van der Waals surface area contributed by atoms with Gasteiger partial charge in [0.15, 0.2) is 0 Å². The Kier molecular flexibility index (Phi) is 5.78. The molecule has 1 unspecified atom stereocenters. The first kappa shape index (κ1) is 17.5. The average molecular weight is 282 g/mol. The molecule has 0 nitrogen and oxygen atoms in total. The molecule has 1 aromatic rings. The standard InChI is InChI=1S/C19H24.C2H6/c1-6-11-17-16(7-2)18(3,4)14-19(17,5)15-12-9-8-10-13-15;1-2/h6-13H,1,14H2,2-5H3;1-2H3/b16-7+,17-11+;. The van der Waals surface area contributed by atoms with Gasteiger partial charge in [-0.25, -0.2) is 0 Å². The zero-order valence-electron chi connectivity index (χ0n) is 14.5. The molecule has 0 bridgehead atoms. The van der Waals surface area contributed by atoms with E-state index in [1.165, 1.54) is 16.7 Å². The molecule has 114 valence electrons. The maximum absolute atomic E-state index is 3.90. The van der Waals surface area contributed by atoms with Gasteiger partial charge in [-0.15, -0.1) is 0 Å². The molecule has 0 aromatic heterocycles. The molecule has 0 amide bonds. The zero-order valence-corrected chi connectivity index (χ0v) is 14.5. The van der Waals surface area contributed by atoms with E-state index in [-0.39, 0.29) is 10.8 Å². The van der Waals surface area contributed by atoms with Crippen LogP contribution in [-0.2, 0) is 5.41 Å². The van der Waals surface area contributed by atoms with Crippen molar-refractivity contribution in [3.8, 4) is 0 Å². The Morgan fingerprint density at radius 1 is 1.00 bits per heavy atom. The molecular formula is C21H30. The van der Waals surface area contributed by atoms with Gasteiger partial charge in [-0.05, 0) is 35.5 Å². The van der Waals surface area contributed by atoms with Crippen LogP contribution in [0.3, 0.4) is 0 Å². The first-order chi connectivity index (χ1) is 9.95. The minimum Gasteiger partial charge on any atom is -0.0991 e. The number of hydrogen-bond acceptors (Lipinski definition) is 0. The smallest absolute Gasteiger partial charge is 0.0185 e. The second-order valence-corrected chi connectivity index (χ2v) is 6.28. The van der Waals surface area contributed by atoms with E-state index >= 15 is 0 Å². The van der Waals surface area contributed by atoms with Gasteiger partial charge in [0.1, 0.15) is 0 Å². The molecule has 21 heavy (non-hydrogen) atoms. The lowest BCUT2D eigenvalue weighted by atomic mass is 9.76. The summed E-state index contributed by atoms with van der Waals surface area (Å²) in [5, 5.41) is 0. The number of rotatable bonds is 2. The SMILES string of the molecule is C=C/C=C1\C(=C/C)C(C)(C)CC1(C)c1ccccc1.CC. The Labute approximate surface area is 131 Å². The van der Waals surface area contributed by atoms with Crippen LogP contribution >= 0.6 is 0 Å². The monoisotopic (exact) mass is 282 g/mol. The Bertz CT molecular complexity index is 528. The molecular weight excluding hydrogens is 252 g/mol. The fourth-order valence-corrected chi connectivity index (χ4v) is 3.74. The summed E-state index contributed by atoms with van der Waals surface area (Å²) >= 11 is 0. The van der Waals surface area contributed by atoms with Gasteiger partial charge in [-0.2, -0.15) is 0 Å². The molecule has 1 aliphatic rings. The molecule has 0 N–H and O–H groups in total. The van der Waals surface area contributed by atoms with Gasteiger partial charge in [0.25, 0.3) is 0 Å². The minimum absolute atomic E-state index is 0.0841. The van der Waals surface area contributed by atoms with E-state index < -0.39 is 0 Å². The number of benzene rings is 1. The highest BCUT2D eigenvalue weighted by molar-refractivity contribution is 5.54. The van der Waals surface area contributed by atoms with Gasteiger partial charge in [0.2, 0.25) is 0 Å². The van der Waals surface area contributed by atoms with Crippen molar-refractivity contribution < 1.29 is 0 Å². The first-order valence-corrected chi connectivity index (χ1v) is 8.01. The van der Waals surface area contributed by atoms with Crippen molar-refractivity contribution in [2.24, 2.45) is 5.41 Å². The first-order valence-electron chi connectivity index (χ1n) is 8.01. The molecule has 1 aromatic carbocycles. The summed E-state index contributed by atoms with van der Waals surface area (Å²) in [6, 6.07) is 10.8. The fraction of sp³-hybridized carbons (Fsp3) is 0.429. The summed E-state index contributed by atoms with van der Waals surface area (Å²) in [5.41, 5.74) is 4.57. The molecule has 0 spiro atoms. The maximum atomic E-state index is 3.90. The van der Waals surface area contributed by atoms with Gasteiger partial charge >= 0.3 is 0 Å². The van der Waals surface area contributed by atoms with E-state index in [9.17, 15) is 0 Å². The number of hydrogen-bond donors (Lipinski definition) is 0. The second kappa shape index (κ2) is 6.93. The van der Waals surface area contributed by atoms with Crippen molar-refractivity contribution in [1.29, 1.82) is 0 Å². The molecule has 1 atom stereocenters. The predicted octanol–water partition coefficient (Wildman–Crippen LogP) is 6.46. The Morgan fingerprint density at radius 2 is 1.57 bits per heavy atom. The number of allylic oxidation sites excluding steroid dienone is 5. The van der Waals surface area contributed by atoms with Crippen molar-refractivity contribution in [2.45, 2.75) is 53.4 Å². The van der Waals surface area contributed by atoms with Gasteiger partial charge in [0.05, 0.1) is 0 Å².